The first-order valence-electron chi connectivity index (χ1n) is 9.66. The summed E-state index contributed by atoms with van der Waals surface area (Å²) >= 11 is 0. The summed E-state index contributed by atoms with van der Waals surface area (Å²) in [6.45, 7) is 3.58. The molecule has 0 atom stereocenters. The predicted octanol–water partition coefficient (Wildman–Crippen LogP) is 2.48. The normalized spacial score (nSPS) is 14.8. The molecule has 0 aromatic heterocycles. The van der Waals surface area contributed by atoms with Crippen LogP contribution in [0.1, 0.15) is 0 Å². The van der Waals surface area contributed by atoms with Gasteiger partial charge in [0.15, 0.2) is 15.8 Å². The Labute approximate surface area is 196 Å². The Morgan fingerprint density at radius 3 is 2.30 bits per heavy atom. The summed E-state index contributed by atoms with van der Waals surface area (Å²) in [5.74, 6) is 1.62. The number of methoxy groups -OCH3 is 1. The van der Waals surface area contributed by atoms with Crippen molar-refractivity contribution in [1.82, 2.24) is 10.2 Å². The smallest absolute Gasteiger partial charge is 0.193 e. The second-order valence-corrected chi connectivity index (χ2v) is 8.86. The molecule has 7 nitrogen and oxygen atoms in total. The molecular formula is C21H29IN4O3S. The van der Waals surface area contributed by atoms with Gasteiger partial charge in [-0.15, -0.1) is 24.0 Å². The van der Waals surface area contributed by atoms with E-state index in [9.17, 15) is 8.42 Å². The minimum absolute atomic E-state index is 0. The minimum atomic E-state index is -3.31. The number of sulfone groups is 1. The zero-order valence-electron chi connectivity index (χ0n) is 17.3. The van der Waals surface area contributed by atoms with Gasteiger partial charge in [0.25, 0.3) is 0 Å². The van der Waals surface area contributed by atoms with Crippen LogP contribution in [0.4, 0.5) is 5.69 Å². The number of rotatable bonds is 6. The molecule has 1 aliphatic rings. The van der Waals surface area contributed by atoms with Crippen molar-refractivity contribution in [2.45, 2.75) is 4.90 Å². The number of nitrogens with one attached hydrogen (secondary N) is 1. The number of hydrogen-bond acceptors (Lipinski definition) is 5. The van der Waals surface area contributed by atoms with Crippen molar-refractivity contribution in [3.05, 3.63) is 54.6 Å². The zero-order chi connectivity index (χ0) is 20.7. The van der Waals surface area contributed by atoms with Gasteiger partial charge in [0.2, 0.25) is 0 Å². The number of anilines is 1. The van der Waals surface area contributed by atoms with Gasteiger partial charge in [0.05, 0.1) is 23.4 Å². The molecule has 0 bridgehead atoms. The van der Waals surface area contributed by atoms with E-state index in [1.54, 1.807) is 38.4 Å². The van der Waals surface area contributed by atoms with Gasteiger partial charge in [-0.3, -0.25) is 4.99 Å². The van der Waals surface area contributed by atoms with Crippen molar-refractivity contribution >= 4 is 45.5 Å². The van der Waals surface area contributed by atoms with E-state index in [0.29, 0.717) is 11.4 Å². The topological polar surface area (TPSA) is 74.2 Å². The van der Waals surface area contributed by atoms with Crippen LogP contribution in [0.25, 0.3) is 0 Å². The van der Waals surface area contributed by atoms with Crippen molar-refractivity contribution < 1.29 is 13.2 Å². The van der Waals surface area contributed by atoms with Crippen LogP contribution in [-0.4, -0.2) is 71.9 Å². The van der Waals surface area contributed by atoms with Gasteiger partial charge < -0.3 is 19.9 Å². The molecule has 0 unspecified atom stereocenters. The monoisotopic (exact) mass is 544 g/mol. The van der Waals surface area contributed by atoms with Crippen molar-refractivity contribution in [3.8, 4) is 5.75 Å². The molecule has 1 saturated heterocycles. The lowest BCUT2D eigenvalue weighted by Gasteiger charge is -2.38. The molecule has 1 fully saturated rings. The Balaban J connectivity index is 0.00000320. The number of hydrogen-bond donors (Lipinski definition) is 1. The number of benzene rings is 2. The van der Waals surface area contributed by atoms with Crippen molar-refractivity contribution in [2.24, 2.45) is 4.99 Å². The number of ether oxygens (including phenoxy) is 1. The zero-order valence-corrected chi connectivity index (χ0v) is 20.5. The van der Waals surface area contributed by atoms with E-state index < -0.39 is 9.84 Å². The van der Waals surface area contributed by atoms with Crippen LogP contribution in [0.3, 0.4) is 0 Å². The van der Waals surface area contributed by atoms with E-state index in [0.717, 1.165) is 43.6 Å². The predicted molar refractivity (Wildman–Crippen MR) is 132 cm³/mol. The molecule has 30 heavy (non-hydrogen) atoms. The summed E-state index contributed by atoms with van der Waals surface area (Å²) in [6.07, 6.45) is 0. The Morgan fingerprint density at radius 2 is 1.67 bits per heavy atom. The molecule has 2 aromatic rings. The highest BCUT2D eigenvalue weighted by atomic mass is 127. The maximum atomic E-state index is 12.4. The molecule has 2 aromatic carbocycles. The first kappa shape index (κ1) is 24.3. The molecule has 1 N–H and O–H groups in total. The second kappa shape index (κ2) is 11.4. The standard InChI is InChI=1S/C21H28N4O3S.HI/c1-22-21(23-12-17-29(26,27)18-8-4-3-5-9-18)25-15-13-24(14-16-25)19-10-6-7-11-20(19)28-2;/h3-11H,12-17H2,1-2H3,(H,22,23);1H. The van der Waals surface area contributed by atoms with Gasteiger partial charge in [0.1, 0.15) is 5.75 Å². The summed E-state index contributed by atoms with van der Waals surface area (Å²) in [4.78, 5) is 9.13. The van der Waals surface area contributed by atoms with Crippen LogP contribution >= 0.6 is 24.0 Å². The fourth-order valence-electron chi connectivity index (χ4n) is 3.43. The fraction of sp³-hybridized carbons (Fsp3) is 0.381. The number of guanidine groups is 1. The largest absolute Gasteiger partial charge is 0.495 e. The number of para-hydroxylation sites is 2. The Kier molecular flexibility index (Phi) is 9.22. The van der Waals surface area contributed by atoms with E-state index in [2.05, 4.69) is 26.2 Å². The highest BCUT2D eigenvalue weighted by Gasteiger charge is 2.22. The average Bonchev–Trinajstić information content (AvgIpc) is 2.77. The lowest BCUT2D eigenvalue weighted by molar-refractivity contribution is 0.368. The highest BCUT2D eigenvalue weighted by Crippen LogP contribution is 2.28. The van der Waals surface area contributed by atoms with Crippen LogP contribution in [0.5, 0.6) is 5.75 Å². The third kappa shape index (κ3) is 6.00. The third-order valence-electron chi connectivity index (χ3n) is 4.97. The maximum absolute atomic E-state index is 12.4. The van der Waals surface area contributed by atoms with Gasteiger partial charge in [-0.1, -0.05) is 30.3 Å². The summed E-state index contributed by atoms with van der Waals surface area (Å²) in [5, 5.41) is 3.20. The van der Waals surface area contributed by atoms with Crippen LogP contribution in [0, 0.1) is 0 Å². The van der Waals surface area contributed by atoms with Gasteiger partial charge in [-0.25, -0.2) is 8.42 Å². The first-order chi connectivity index (χ1) is 14.0. The molecule has 0 radical (unpaired) electrons. The number of piperazine rings is 1. The quantitative estimate of drug-likeness (QED) is 0.343. The van der Waals surface area contributed by atoms with Crippen molar-refractivity contribution in [1.29, 1.82) is 0 Å². The molecule has 3 rings (SSSR count). The first-order valence-corrected chi connectivity index (χ1v) is 11.3. The second-order valence-electron chi connectivity index (χ2n) is 6.75. The Hall–Kier alpha value is -2.01. The van der Waals surface area contributed by atoms with Crippen LogP contribution in [0.15, 0.2) is 64.5 Å². The van der Waals surface area contributed by atoms with Crippen LogP contribution in [-0.2, 0) is 9.84 Å². The van der Waals surface area contributed by atoms with E-state index >= 15 is 0 Å². The van der Waals surface area contributed by atoms with Crippen molar-refractivity contribution in [2.75, 3.05) is 57.5 Å². The lowest BCUT2D eigenvalue weighted by atomic mass is 10.2. The van der Waals surface area contributed by atoms with Gasteiger partial charge in [-0.05, 0) is 24.3 Å². The average molecular weight is 544 g/mol. The van der Waals surface area contributed by atoms with Gasteiger partial charge in [0, 0.05) is 39.8 Å². The van der Waals surface area contributed by atoms with E-state index in [4.69, 9.17) is 4.74 Å². The lowest BCUT2D eigenvalue weighted by Crippen LogP contribution is -2.53. The molecule has 0 spiro atoms. The summed E-state index contributed by atoms with van der Waals surface area (Å²) in [7, 11) is 0.102. The minimum Gasteiger partial charge on any atom is -0.495 e. The summed E-state index contributed by atoms with van der Waals surface area (Å²) in [5.41, 5.74) is 1.09. The molecule has 164 valence electrons. The number of nitrogens with zero attached hydrogens (tertiary/aromatic N) is 3. The number of halogens is 1. The van der Waals surface area contributed by atoms with E-state index in [-0.39, 0.29) is 29.7 Å². The molecule has 0 aliphatic carbocycles. The molecule has 1 aliphatic heterocycles. The Bertz CT molecular complexity index is 930. The molecule has 1 heterocycles. The van der Waals surface area contributed by atoms with Crippen LogP contribution < -0.4 is 15.0 Å². The molecule has 0 amide bonds. The molecule has 9 heteroatoms. The third-order valence-corrected chi connectivity index (χ3v) is 6.71. The highest BCUT2D eigenvalue weighted by molar-refractivity contribution is 14.0. The summed E-state index contributed by atoms with van der Waals surface area (Å²) < 4.78 is 30.3. The van der Waals surface area contributed by atoms with Gasteiger partial charge in [-0.2, -0.15) is 0 Å². The number of aliphatic imine (C=N–C) groups is 1. The van der Waals surface area contributed by atoms with Crippen LogP contribution in [0.2, 0.25) is 0 Å². The maximum Gasteiger partial charge on any atom is 0.193 e. The SMILES string of the molecule is CN=C(NCCS(=O)(=O)c1ccccc1)N1CCN(c2ccccc2OC)CC1.I. The summed E-state index contributed by atoms with van der Waals surface area (Å²) in [6, 6.07) is 16.5. The van der Waals surface area contributed by atoms with E-state index in [1.807, 2.05) is 24.3 Å². The van der Waals surface area contributed by atoms with E-state index in [1.165, 1.54) is 0 Å². The molecule has 0 saturated carbocycles. The molecular weight excluding hydrogens is 515 g/mol. The Morgan fingerprint density at radius 1 is 1.03 bits per heavy atom. The fourth-order valence-corrected chi connectivity index (χ4v) is 4.60. The van der Waals surface area contributed by atoms with Gasteiger partial charge >= 0.3 is 0 Å². The van der Waals surface area contributed by atoms with Crippen molar-refractivity contribution in [3.63, 3.8) is 0 Å².